The van der Waals surface area contributed by atoms with Crippen molar-refractivity contribution in [1.29, 1.82) is 0 Å². The first-order valence-electron chi connectivity index (χ1n) is 5.08. The normalized spacial score (nSPS) is 10.2. The summed E-state index contributed by atoms with van der Waals surface area (Å²) in [7, 11) is 1.59. The van der Waals surface area contributed by atoms with Crippen LogP contribution < -0.4 is 4.74 Å². The van der Waals surface area contributed by atoms with Gasteiger partial charge in [-0.3, -0.25) is 4.79 Å². The molecule has 3 nitrogen and oxygen atoms in total. The second-order valence-corrected chi connectivity index (χ2v) is 3.37. The van der Waals surface area contributed by atoms with Crippen LogP contribution in [-0.4, -0.2) is 26.1 Å². The summed E-state index contributed by atoms with van der Waals surface area (Å²) in [6, 6.07) is 4.32. The van der Waals surface area contributed by atoms with E-state index < -0.39 is 5.82 Å². The van der Waals surface area contributed by atoms with Crippen molar-refractivity contribution in [2.45, 2.75) is 13.3 Å². The lowest BCUT2D eigenvalue weighted by molar-refractivity contribution is 0.101. The molecule has 4 heteroatoms. The van der Waals surface area contributed by atoms with Gasteiger partial charge in [0.2, 0.25) is 0 Å². The largest absolute Gasteiger partial charge is 0.490 e. The van der Waals surface area contributed by atoms with Gasteiger partial charge in [-0.15, -0.1) is 0 Å². The molecule has 16 heavy (non-hydrogen) atoms. The quantitative estimate of drug-likeness (QED) is 0.552. The molecule has 0 aliphatic heterocycles. The molecule has 0 aliphatic carbocycles. The maximum absolute atomic E-state index is 13.4. The minimum atomic E-state index is -0.509. The number of carbonyl (C=O) groups is 1. The van der Waals surface area contributed by atoms with E-state index in [4.69, 9.17) is 9.47 Å². The Morgan fingerprint density at radius 1 is 1.38 bits per heavy atom. The number of ether oxygens (including phenoxy) is 2. The fraction of sp³-hybridized carbons (Fsp3) is 0.417. The number of para-hydroxylation sites is 1. The van der Waals surface area contributed by atoms with Gasteiger partial charge in [0.1, 0.15) is 0 Å². The molecule has 0 spiro atoms. The van der Waals surface area contributed by atoms with Crippen LogP contribution in [0.5, 0.6) is 5.75 Å². The molecule has 0 atom stereocenters. The van der Waals surface area contributed by atoms with Crippen LogP contribution in [0.15, 0.2) is 18.2 Å². The third-order valence-electron chi connectivity index (χ3n) is 2.09. The molecule has 0 unspecified atom stereocenters. The molecular formula is C12H15FO3. The monoisotopic (exact) mass is 226 g/mol. The summed E-state index contributed by atoms with van der Waals surface area (Å²) in [6.45, 7) is 2.26. The van der Waals surface area contributed by atoms with Gasteiger partial charge in [-0.1, -0.05) is 6.07 Å². The SMILES string of the molecule is COCCCOc1c(F)cccc1C(C)=O. The number of rotatable bonds is 6. The smallest absolute Gasteiger partial charge is 0.165 e. The average molecular weight is 226 g/mol. The highest BCUT2D eigenvalue weighted by Gasteiger charge is 2.12. The number of carbonyl (C=O) groups excluding carboxylic acids is 1. The number of hydrogen-bond donors (Lipinski definition) is 0. The van der Waals surface area contributed by atoms with Gasteiger partial charge in [0.05, 0.1) is 12.2 Å². The molecular weight excluding hydrogens is 211 g/mol. The number of hydrogen-bond acceptors (Lipinski definition) is 3. The van der Waals surface area contributed by atoms with Crippen molar-refractivity contribution >= 4 is 5.78 Å². The molecule has 88 valence electrons. The summed E-state index contributed by atoms with van der Waals surface area (Å²) in [5, 5.41) is 0. The van der Waals surface area contributed by atoms with E-state index in [0.29, 0.717) is 19.6 Å². The first-order valence-corrected chi connectivity index (χ1v) is 5.08. The van der Waals surface area contributed by atoms with Crippen LogP contribution >= 0.6 is 0 Å². The first kappa shape index (κ1) is 12.6. The highest BCUT2D eigenvalue weighted by molar-refractivity contribution is 5.96. The predicted molar refractivity (Wildman–Crippen MR) is 58.4 cm³/mol. The van der Waals surface area contributed by atoms with E-state index in [1.54, 1.807) is 13.2 Å². The molecule has 0 saturated carbocycles. The lowest BCUT2D eigenvalue weighted by atomic mass is 10.1. The van der Waals surface area contributed by atoms with Gasteiger partial charge in [-0.2, -0.15) is 0 Å². The molecule has 1 aromatic carbocycles. The van der Waals surface area contributed by atoms with Crippen molar-refractivity contribution < 1.29 is 18.7 Å². The zero-order chi connectivity index (χ0) is 12.0. The fourth-order valence-corrected chi connectivity index (χ4v) is 1.31. The number of methoxy groups -OCH3 is 1. The van der Waals surface area contributed by atoms with E-state index in [0.717, 1.165) is 0 Å². The Balaban J connectivity index is 2.73. The zero-order valence-corrected chi connectivity index (χ0v) is 9.46. The summed E-state index contributed by atoms with van der Waals surface area (Å²) in [4.78, 5) is 11.2. The molecule has 1 aromatic rings. The number of ketones is 1. The van der Waals surface area contributed by atoms with Crippen LogP contribution in [0.2, 0.25) is 0 Å². The lowest BCUT2D eigenvalue weighted by Crippen LogP contribution is -2.06. The summed E-state index contributed by atoms with van der Waals surface area (Å²) >= 11 is 0. The molecule has 0 bridgehead atoms. The second-order valence-electron chi connectivity index (χ2n) is 3.37. The maximum Gasteiger partial charge on any atom is 0.165 e. The van der Waals surface area contributed by atoms with Crippen molar-refractivity contribution in [3.63, 3.8) is 0 Å². The molecule has 0 aromatic heterocycles. The summed E-state index contributed by atoms with van der Waals surface area (Å²) in [6.07, 6.45) is 0.655. The number of halogens is 1. The molecule has 0 fully saturated rings. The summed E-state index contributed by atoms with van der Waals surface area (Å²) < 4.78 is 23.5. The van der Waals surface area contributed by atoms with Crippen LogP contribution in [0.4, 0.5) is 4.39 Å². The molecule has 0 radical (unpaired) electrons. The topological polar surface area (TPSA) is 35.5 Å². The van der Waals surface area contributed by atoms with E-state index in [9.17, 15) is 9.18 Å². The second kappa shape index (κ2) is 6.23. The molecule has 0 aliphatic rings. The zero-order valence-electron chi connectivity index (χ0n) is 9.46. The van der Waals surface area contributed by atoms with Crippen molar-refractivity contribution in [2.75, 3.05) is 20.3 Å². The molecule has 0 amide bonds. The Hall–Kier alpha value is -1.42. The fourth-order valence-electron chi connectivity index (χ4n) is 1.31. The van der Waals surface area contributed by atoms with Crippen LogP contribution in [0.1, 0.15) is 23.7 Å². The van der Waals surface area contributed by atoms with E-state index >= 15 is 0 Å². The van der Waals surface area contributed by atoms with Gasteiger partial charge < -0.3 is 9.47 Å². The maximum atomic E-state index is 13.4. The van der Waals surface area contributed by atoms with Gasteiger partial charge in [-0.05, 0) is 19.1 Å². The van der Waals surface area contributed by atoms with Crippen LogP contribution in [0, 0.1) is 5.82 Å². The van der Waals surface area contributed by atoms with Crippen LogP contribution in [0.3, 0.4) is 0 Å². The van der Waals surface area contributed by atoms with E-state index in [2.05, 4.69) is 0 Å². The van der Waals surface area contributed by atoms with E-state index in [1.807, 2.05) is 0 Å². The number of benzene rings is 1. The van der Waals surface area contributed by atoms with Gasteiger partial charge in [0.25, 0.3) is 0 Å². The average Bonchev–Trinajstić information content (AvgIpc) is 2.25. The Morgan fingerprint density at radius 2 is 2.12 bits per heavy atom. The first-order chi connectivity index (χ1) is 7.66. The Kier molecular flexibility index (Phi) is 4.92. The van der Waals surface area contributed by atoms with Gasteiger partial charge in [0, 0.05) is 20.1 Å². The van der Waals surface area contributed by atoms with Crippen molar-refractivity contribution in [1.82, 2.24) is 0 Å². The van der Waals surface area contributed by atoms with Crippen molar-refractivity contribution in [3.8, 4) is 5.75 Å². The number of Topliss-reactive ketones (excluding diaryl/α,β-unsaturated/α-hetero) is 1. The lowest BCUT2D eigenvalue weighted by Gasteiger charge is -2.10. The Labute approximate surface area is 94.2 Å². The Morgan fingerprint density at radius 3 is 2.75 bits per heavy atom. The van der Waals surface area contributed by atoms with E-state index in [-0.39, 0.29) is 17.1 Å². The molecule has 0 N–H and O–H groups in total. The minimum Gasteiger partial charge on any atom is -0.490 e. The standard InChI is InChI=1S/C12H15FO3/c1-9(14)10-5-3-6-11(13)12(10)16-8-4-7-15-2/h3,5-6H,4,7-8H2,1-2H3. The van der Waals surface area contributed by atoms with Crippen molar-refractivity contribution in [2.24, 2.45) is 0 Å². The summed E-state index contributed by atoms with van der Waals surface area (Å²) in [5.41, 5.74) is 0.275. The third-order valence-corrected chi connectivity index (χ3v) is 2.09. The van der Waals surface area contributed by atoms with Gasteiger partial charge in [0.15, 0.2) is 17.3 Å². The van der Waals surface area contributed by atoms with Crippen LogP contribution in [-0.2, 0) is 4.74 Å². The summed E-state index contributed by atoms with van der Waals surface area (Å²) in [5.74, 6) is -0.683. The van der Waals surface area contributed by atoms with E-state index in [1.165, 1.54) is 19.1 Å². The highest BCUT2D eigenvalue weighted by atomic mass is 19.1. The molecule has 0 heterocycles. The van der Waals surface area contributed by atoms with Gasteiger partial charge in [-0.25, -0.2) is 4.39 Å². The predicted octanol–water partition coefficient (Wildman–Crippen LogP) is 2.44. The molecule has 1 rings (SSSR count). The third kappa shape index (κ3) is 3.31. The Bertz CT molecular complexity index is 363. The minimum absolute atomic E-state index is 0.0334. The van der Waals surface area contributed by atoms with Crippen LogP contribution in [0.25, 0.3) is 0 Å². The van der Waals surface area contributed by atoms with Crippen molar-refractivity contribution in [3.05, 3.63) is 29.6 Å². The van der Waals surface area contributed by atoms with Gasteiger partial charge >= 0.3 is 0 Å². The highest BCUT2D eigenvalue weighted by Crippen LogP contribution is 2.23. The molecule has 0 saturated heterocycles.